The molecular weight excluding hydrogens is 288 g/mol. The second-order valence-corrected chi connectivity index (χ2v) is 6.09. The highest BCUT2D eigenvalue weighted by Crippen LogP contribution is 2.38. The Labute approximate surface area is 113 Å². The maximum atomic E-state index is 11.9. The summed E-state index contributed by atoms with van der Waals surface area (Å²) in [5.41, 5.74) is -0.173. The molecule has 1 aromatic rings. The normalized spacial score (nSPS) is 16.3. The molecule has 106 valence electrons. The van der Waals surface area contributed by atoms with Crippen molar-refractivity contribution < 1.29 is 23.1 Å². The van der Waals surface area contributed by atoms with Crippen LogP contribution in [0.4, 0.5) is 0 Å². The Balaban J connectivity index is 2.70. The molecule has 0 atom stereocenters. The summed E-state index contributed by atoms with van der Waals surface area (Å²) in [5.74, 6) is -1.17. The highest BCUT2D eigenvalue weighted by molar-refractivity contribution is 7.91. The molecule has 0 aliphatic carbocycles. The molecule has 10 heteroatoms. The van der Waals surface area contributed by atoms with E-state index in [2.05, 4.69) is 20.7 Å². The maximum Gasteiger partial charge on any atom is 0.339 e. The molecule has 1 N–H and O–H groups in total. The third-order valence-corrected chi connectivity index (χ3v) is 4.16. The van der Waals surface area contributed by atoms with Gasteiger partial charge in [0.25, 0.3) is 0 Å². The van der Waals surface area contributed by atoms with Gasteiger partial charge < -0.3 is 9.84 Å². The van der Waals surface area contributed by atoms with Gasteiger partial charge in [-0.15, -0.1) is 10.2 Å². The molecule has 0 radical (unpaired) electrons. The summed E-state index contributed by atoms with van der Waals surface area (Å²) < 4.78 is 28.7. The summed E-state index contributed by atoms with van der Waals surface area (Å²) in [6.45, 7) is 0. The van der Waals surface area contributed by atoms with E-state index < -0.39 is 20.8 Å². The number of carboxylic acids is 1. The Morgan fingerprint density at radius 1 is 1.30 bits per heavy atom. The second-order valence-electron chi connectivity index (χ2n) is 3.98. The van der Waals surface area contributed by atoms with Gasteiger partial charge >= 0.3 is 11.0 Å². The van der Waals surface area contributed by atoms with E-state index in [1.807, 2.05) is 0 Å². The SMILES string of the molecule is COc1ccc(C2(S(C)(=O)=O)N=NN=N2)cc1C(=O)O. The van der Waals surface area contributed by atoms with Crippen LogP contribution < -0.4 is 4.74 Å². The molecule has 0 unspecified atom stereocenters. The average molecular weight is 298 g/mol. The smallest absolute Gasteiger partial charge is 0.339 e. The number of sulfone groups is 1. The van der Waals surface area contributed by atoms with E-state index in [1.54, 1.807) is 0 Å². The topological polar surface area (TPSA) is 130 Å². The lowest BCUT2D eigenvalue weighted by Crippen LogP contribution is -2.29. The van der Waals surface area contributed by atoms with Gasteiger partial charge in [0, 0.05) is 11.8 Å². The van der Waals surface area contributed by atoms with E-state index in [0.29, 0.717) is 0 Å². The van der Waals surface area contributed by atoms with Crippen molar-refractivity contribution >= 4 is 15.8 Å². The number of carboxylic acid groups (broad SMARTS) is 1. The van der Waals surface area contributed by atoms with E-state index >= 15 is 0 Å². The second kappa shape index (κ2) is 4.63. The van der Waals surface area contributed by atoms with Crippen LogP contribution in [0, 0.1) is 0 Å². The van der Waals surface area contributed by atoms with E-state index in [4.69, 9.17) is 9.84 Å². The Morgan fingerprint density at radius 2 is 1.90 bits per heavy atom. The molecule has 1 aliphatic heterocycles. The summed E-state index contributed by atoms with van der Waals surface area (Å²) in [5, 5.41) is 22.6. The van der Waals surface area contributed by atoms with Crippen LogP contribution in [-0.4, -0.2) is 32.9 Å². The van der Waals surface area contributed by atoms with Gasteiger partial charge in [-0.2, -0.15) is 0 Å². The lowest BCUT2D eigenvalue weighted by molar-refractivity contribution is 0.0693. The minimum Gasteiger partial charge on any atom is -0.496 e. The average Bonchev–Trinajstić information content (AvgIpc) is 2.88. The van der Waals surface area contributed by atoms with Crippen molar-refractivity contribution in [3.05, 3.63) is 29.3 Å². The molecule has 20 heavy (non-hydrogen) atoms. The van der Waals surface area contributed by atoms with Crippen molar-refractivity contribution in [1.29, 1.82) is 0 Å². The van der Waals surface area contributed by atoms with Crippen LogP contribution >= 0.6 is 0 Å². The van der Waals surface area contributed by atoms with Crippen molar-refractivity contribution in [2.75, 3.05) is 13.4 Å². The van der Waals surface area contributed by atoms with E-state index in [9.17, 15) is 13.2 Å². The lowest BCUT2D eigenvalue weighted by Gasteiger charge is -2.19. The first-order chi connectivity index (χ1) is 9.32. The van der Waals surface area contributed by atoms with Gasteiger partial charge in [-0.1, -0.05) is 0 Å². The summed E-state index contributed by atoms with van der Waals surface area (Å²) in [7, 11) is -2.53. The molecule has 2 rings (SSSR count). The first kappa shape index (κ1) is 14.1. The highest BCUT2D eigenvalue weighted by atomic mass is 32.2. The zero-order valence-electron chi connectivity index (χ0n) is 10.5. The van der Waals surface area contributed by atoms with E-state index in [0.717, 1.165) is 12.3 Å². The van der Waals surface area contributed by atoms with Crippen LogP contribution in [0.5, 0.6) is 5.75 Å². The van der Waals surface area contributed by atoms with Gasteiger partial charge in [-0.25, -0.2) is 13.2 Å². The molecule has 0 saturated heterocycles. The Bertz CT molecular complexity index is 713. The minimum atomic E-state index is -3.83. The number of methoxy groups -OCH3 is 1. The molecule has 9 nitrogen and oxygen atoms in total. The van der Waals surface area contributed by atoms with Crippen LogP contribution in [0.25, 0.3) is 0 Å². The summed E-state index contributed by atoms with van der Waals surface area (Å²) in [4.78, 5) is 9.13. The standard InChI is InChI=1S/C10H10N4O5S/c1-19-8-4-3-6(5-7(8)9(15)16)10(20(2,17)18)11-13-14-12-10/h3-5H,1-2H3,(H,15,16). The van der Waals surface area contributed by atoms with Gasteiger partial charge in [-0.05, 0) is 28.6 Å². The quantitative estimate of drug-likeness (QED) is 0.897. The summed E-state index contributed by atoms with van der Waals surface area (Å²) in [6, 6.07) is 3.82. The Morgan fingerprint density at radius 3 is 2.35 bits per heavy atom. The van der Waals surface area contributed by atoms with Gasteiger partial charge in [0.05, 0.1) is 7.11 Å². The fraction of sp³-hybridized carbons (Fsp3) is 0.300. The predicted octanol–water partition coefficient (Wildman–Crippen LogP) is 1.38. The molecule has 0 saturated carbocycles. The molecule has 0 fully saturated rings. The molecular formula is C10H10N4O5S. The number of rotatable bonds is 4. The zero-order valence-corrected chi connectivity index (χ0v) is 11.3. The number of benzene rings is 1. The molecule has 1 aromatic carbocycles. The third-order valence-electron chi connectivity index (χ3n) is 2.72. The van der Waals surface area contributed by atoms with E-state index in [1.165, 1.54) is 19.2 Å². The first-order valence-corrected chi connectivity index (χ1v) is 7.16. The number of hydrogen-bond donors (Lipinski definition) is 1. The number of hydrogen-bond acceptors (Lipinski definition) is 8. The van der Waals surface area contributed by atoms with Crippen molar-refractivity contribution in [2.24, 2.45) is 20.7 Å². The molecule has 0 aromatic heterocycles. The fourth-order valence-electron chi connectivity index (χ4n) is 1.74. The zero-order chi connectivity index (χ0) is 15.0. The molecule has 0 spiro atoms. The first-order valence-electron chi connectivity index (χ1n) is 5.27. The number of carbonyl (C=O) groups is 1. The van der Waals surface area contributed by atoms with Crippen LogP contribution in [0.15, 0.2) is 38.9 Å². The minimum absolute atomic E-state index is 0.0307. The number of aromatic carboxylic acids is 1. The predicted molar refractivity (Wildman–Crippen MR) is 66.2 cm³/mol. The van der Waals surface area contributed by atoms with Crippen LogP contribution in [0.1, 0.15) is 15.9 Å². The highest BCUT2D eigenvalue weighted by Gasteiger charge is 2.47. The number of nitrogens with zero attached hydrogens (tertiary/aromatic N) is 4. The number of ether oxygens (including phenoxy) is 1. The van der Waals surface area contributed by atoms with Crippen LogP contribution in [-0.2, 0) is 14.8 Å². The molecule has 0 bridgehead atoms. The largest absolute Gasteiger partial charge is 0.496 e. The Kier molecular flexibility index (Phi) is 3.26. The summed E-state index contributed by atoms with van der Waals surface area (Å²) in [6.07, 6.45) is 0.918. The van der Waals surface area contributed by atoms with Gasteiger partial charge in [0.2, 0.25) is 9.84 Å². The van der Waals surface area contributed by atoms with E-state index in [-0.39, 0.29) is 16.9 Å². The summed E-state index contributed by atoms with van der Waals surface area (Å²) >= 11 is 0. The van der Waals surface area contributed by atoms with Gasteiger partial charge in [0.1, 0.15) is 11.3 Å². The lowest BCUT2D eigenvalue weighted by atomic mass is 10.1. The fourth-order valence-corrected chi connectivity index (χ4v) is 2.66. The molecule has 0 amide bonds. The molecule has 1 aliphatic rings. The Hall–Kier alpha value is -2.36. The van der Waals surface area contributed by atoms with Crippen molar-refractivity contribution in [3.63, 3.8) is 0 Å². The van der Waals surface area contributed by atoms with Crippen molar-refractivity contribution in [2.45, 2.75) is 4.99 Å². The van der Waals surface area contributed by atoms with Gasteiger partial charge in [0.15, 0.2) is 0 Å². The molecule has 1 heterocycles. The van der Waals surface area contributed by atoms with Crippen molar-refractivity contribution in [3.8, 4) is 5.75 Å². The van der Waals surface area contributed by atoms with Crippen LogP contribution in [0.3, 0.4) is 0 Å². The van der Waals surface area contributed by atoms with Crippen LogP contribution in [0.2, 0.25) is 0 Å². The van der Waals surface area contributed by atoms with Crippen molar-refractivity contribution in [1.82, 2.24) is 0 Å². The third kappa shape index (κ3) is 2.03. The maximum absolute atomic E-state index is 11.9. The van der Waals surface area contributed by atoms with Gasteiger partial charge in [-0.3, -0.25) is 0 Å². The monoisotopic (exact) mass is 298 g/mol.